The number of allylic oxidation sites excluding steroid dienone is 1. The fraction of sp³-hybridized carbons (Fsp3) is 0.882. The summed E-state index contributed by atoms with van der Waals surface area (Å²) in [7, 11) is 0. The zero-order valence-electron chi connectivity index (χ0n) is 12.9. The highest BCUT2D eigenvalue weighted by Crippen LogP contribution is 2.22. The molecule has 0 radical (unpaired) electrons. The van der Waals surface area contributed by atoms with Gasteiger partial charge in [-0.15, -0.1) is 0 Å². The minimum Gasteiger partial charge on any atom is -0.379 e. The predicted octanol–water partition coefficient (Wildman–Crippen LogP) is 2.53. The van der Waals surface area contributed by atoms with E-state index in [9.17, 15) is 0 Å². The molecule has 1 unspecified atom stereocenters. The number of rotatable bonds is 4. The van der Waals surface area contributed by atoms with E-state index >= 15 is 0 Å². The Morgan fingerprint density at radius 2 is 1.95 bits per heavy atom. The minimum atomic E-state index is 0.881. The molecule has 2 saturated heterocycles. The molecule has 20 heavy (non-hydrogen) atoms. The standard InChI is InChI=1S/C17H30N2O/c1-2-5-16(6-3-1)13-19-8-4-7-17(15-19)14-18-9-11-20-12-10-18/h5,17H,1-4,6-15H2. The van der Waals surface area contributed by atoms with Crippen LogP contribution >= 0.6 is 0 Å². The summed E-state index contributed by atoms with van der Waals surface area (Å²) in [6.07, 6.45) is 10.8. The van der Waals surface area contributed by atoms with Gasteiger partial charge in [-0.1, -0.05) is 11.6 Å². The molecule has 2 aliphatic heterocycles. The van der Waals surface area contributed by atoms with E-state index in [4.69, 9.17) is 4.74 Å². The summed E-state index contributed by atoms with van der Waals surface area (Å²) in [5, 5.41) is 0. The summed E-state index contributed by atoms with van der Waals surface area (Å²) < 4.78 is 5.45. The van der Waals surface area contributed by atoms with Crippen molar-refractivity contribution in [3.63, 3.8) is 0 Å². The second-order valence-corrected chi connectivity index (χ2v) is 6.76. The number of likely N-dealkylation sites (tertiary alicyclic amines) is 1. The topological polar surface area (TPSA) is 15.7 Å². The first-order chi connectivity index (χ1) is 9.90. The van der Waals surface area contributed by atoms with Gasteiger partial charge in [-0.2, -0.15) is 0 Å². The van der Waals surface area contributed by atoms with Crippen molar-refractivity contribution in [1.29, 1.82) is 0 Å². The van der Waals surface area contributed by atoms with Crippen molar-refractivity contribution in [1.82, 2.24) is 9.80 Å². The van der Waals surface area contributed by atoms with E-state index < -0.39 is 0 Å². The zero-order chi connectivity index (χ0) is 13.6. The number of nitrogens with zero attached hydrogens (tertiary/aromatic N) is 2. The van der Waals surface area contributed by atoms with Gasteiger partial charge in [0, 0.05) is 32.7 Å². The van der Waals surface area contributed by atoms with Gasteiger partial charge in [-0.25, -0.2) is 0 Å². The van der Waals surface area contributed by atoms with Gasteiger partial charge >= 0.3 is 0 Å². The molecule has 0 N–H and O–H groups in total. The van der Waals surface area contributed by atoms with Crippen LogP contribution in [0.1, 0.15) is 38.5 Å². The molecule has 1 aliphatic carbocycles. The summed E-state index contributed by atoms with van der Waals surface area (Å²) in [6, 6.07) is 0. The summed E-state index contributed by atoms with van der Waals surface area (Å²) in [6.45, 7) is 9.32. The van der Waals surface area contributed by atoms with Crippen LogP contribution in [-0.2, 0) is 4.74 Å². The third-order valence-corrected chi connectivity index (χ3v) is 5.03. The molecule has 0 aromatic rings. The van der Waals surface area contributed by atoms with Gasteiger partial charge in [0.1, 0.15) is 0 Å². The van der Waals surface area contributed by atoms with Crippen molar-refractivity contribution >= 4 is 0 Å². The van der Waals surface area contributed by atoms with Crippen LogP contribution in [0, 0.1) is 5.92 Å². The molecule has 0 saturated carbocycles. The molecule has 0 aromatic carbocycles. The van der Waals surface area contributed by atoms with Crippen LogP contribution < -0.4 is 0 Å². The maximum absolute atomic E-state index is 5.45. The number of ether oxygens (including phenoxy) is 1. The Hall–Kier alpha value is -0.380. The third kappa shape index (κ3) is 4.31. The lowest BCUT2D eigenvalue weighted by molar-refractivity contribution is 0.0234. The van der Waals surface area contributed by atoms with Gasteiger partial charge in [0.05, 0.1) is 13.2 Å². The maximum Gasteiger partial charge on any atom is 0.0594 e. The zero-order valence-corrected chi connectivity index (χ0v) is 12.9. The van der Waals surface area contributed by atoms with E-state index in [1.807, 2.05) is 0 Å². The van der Waals surface area contributed by atoms with E-state index in [-0.39, 0.29) is 0 Å². The molecular weight excluding hydrogens is 248 g/mol. The fourth-order valence-electron chi connectivity index (χ4n) is 3.93. The van der Waals surface area contributed by atoms with Crippen LogP contribution in [0.5, 0.6) is 0 Å². The van der Waals surface area contributed by atoms with Crippen LogP contribution in [0.2, 0.25) is 0 Å². The fourth-order valence-corrected chi connectivity index (χ4v) is 3.93. The van der Waals surface area contributed by atoms with E-state index in [1.165, 1.54) is 64.7 Å². The van der Waals surface area contributed by atoms with E-state index in [0.717, 1.165) is 32.2 Å². The molecule has 2 heterocycles. The average Bonchev–Trinajstić information content (AvgIpc) is 2.50. The molecule has 3 nitrogen and oxygen atoms in total. The van der Waals surface area contributed by atoms with Gasteiger partial charge in [0.15, 0.2) is 0 Å². The van der Waals surface area contributed by atoms with Crippen molar-refractivity contribution in [2.75, 3.05) is 52.5 Å². The first-order valence-electron chi connectivity index (χ1n) is 8.60. The molecule has 3 aliphatic rings. The highest BCUT2D eigenvalue weighted by atomic mass is 16.5. The average molecular weight is 278 g/mol. The molecule has 0 spiro atoms. The van der Waals surface area contributed by atoms with Gasteiger partial charge in [0.2, 0.25) is 0 Å². The molecule has 0 bridgehead atoms. The Bertz CT molecular complexity index is 323. The van der Waals surface area contributed by atoms with Crippen molar-refractivity contribution in [3.05, 3.63) is 11.6 Å². The molecule has 0 amide bonds. The van der Waals surface area contributed by atoms with Crippen molar-refractivity contribution in [2.45, 2.75) is 38.5 Å². The Kier molecular flexibility index (Phi) is 5.51. The van der Waals surface area contributed by atoms with E-state index in [0.29, 0.717) is 0 Å². The van der Waals surface area contributed by atoms with Gasteiger partial charge in [0.25, 0.3) is 0 Å². The van der Waals surface area contributed by atoms with Crippen molar-refractivity contribution < 1.29 is 4.74 Å². The molecular formula is C17H30N2O. The number of morpholine rings is 1. The Morgan fingerprint density at radius 1 is 1.05 bits per heavy atom. The summed E-state index contributed by atoms with van der Waals surface area (Å²) in [5.74, 6) is 0.881. The molecule has 1 atom stereocenters. The quantitative estimate of drug-likeness (QED) is 0.735. The van der Waals surface area contributed by atoms with E-state index in [1.54, 1.807) is 5.57 Å². The largest absolute Gasteiger partial charge is 0.379 e. The van der Waals surface area contributed by atoms with Crippen LogP contribution in [0.25, 0.3) is 0 Å². The summed E-state index contributed by atoms with van der Waals surface area (Å²) in [5.41, 5.74) is 1.71. The van der Waals surface area contributed by atoms with Crippen molar-refractivity contribution in [3.8, 4) is 0 Å². The van der Waals surface area contributed by atoms with Gasteiger partial charge < -0.3 is 4.74 Å². The molecule has 3 heteroatoms. The number of piperidine rings is 1. The van der Waals surface area contributed by atoms with Crippen molar-refractivity contribution in [2.24, 2.45) is 5.92 Å². The summed E-state index contributed by atoms with van der Waals surface area (Å²) in [4.78, 5) is 5.32. The van der Waals surface area contributed by atoms with E-state index in [2.05, 4.69) is 15.9 Å². The second-order valence-electron chi connectivity index (χ2n) is 6.76. The third-order valence-electron chi connectivity index (χ3n) is 5.03. The van der Waals surface area contributed by atoms with Crippen LogP contribution in [0.4, 0.5) is 0 Å². The first-order valence-corrected chi connectivity index (χ1v) is 8.60. The molecule has 3 rings (SSSR count). The molecule has 0 aromatic heterocycles. The van der Waals surface area contributed by atoms with Gasteiger partial charge in [-0.3, -0.25) is 9.80 Å². The summed E-state index contributed by atoms with van der Waals surface area (Å²) >= 11 is 0. The minimum absolute atomic E-state index is 0.881. The monoisotopic (exact) mass is 278 g/mol. The maximum atomic E-state index is 5.45. The Labute approximate surface area is 124 Å². The van der Waals surface area contributed by atoms with Gasteiger partial charge in [-0.05, 0) is 51.0 Å². The Morgan fingerprint density at radius 3 is 2.75 bits per heavy atom. The second kappa shape index (κ2) is 7.58. The lowest BCUT2D eigenvalue weighted by Gasteiger charge is -2.37. The predicted molar refractivity (Wildman–Crippen MR) is 83.0 cm³/mol. The molecule has 2 fully saturated rings. The molecule has 114 valence electrons. The normalized spacial score (nSPS) is 30.2. The van der Waals surface area contributed by atoms with Crippen LogP contribution in [0.3, 0.4) is 0 Å². The number of hydrogen-bond acceptors (Lipinski definition) is 3. The van der Waals surface area contributed by atoms with Crippen LogP contribution in [-0.4, -0.2) is 62.3 Å². The lowest BCUT2D eigenvalue weighted by atomic mass is 9.94. The van der Waals surface area contributed by atoms with Crippen LogP contribution in [0.15, 0.2) is 11.6 Å². The Balaban J connectivity index is 1.44. The SMILES string of the molecule is C1=C(CN2CCCC(CN3CCOCC3)C2)CCCC1. The highest BCUT2D eigenvalue weighted by molar-refractivity contribution is 5.07. The number of hydrogen-bond donors (Lipinski definition) is 0. The highest BCUT2D eigenvalue weighted by Gasteiger charge is 2.23. The first kappa shape index (κ1) is 14.6. The smallest absolute Gasteiger partial charge is 0.0594 e. The lowest BCUT2D eigenvalue weighted by Crippen LogP contribution is -2.44.